The minimum Gasteiger partial charge on any atom is -0.394 e. The highest BCUT2D eigenvalue weighted by atomic mass is 16.7. The quantitative estimate of drug-likeness (QED) is 0.0445. The third-order valence-electron chi connectivity index (χ3n) is 8.38. The molecular weight excluding hydrogens is 598 g/mol. The SMILES string of the molecule is CCCC/C=C/CC/C=C/C(O)C(COC1OC(CO)C(O)C(O)C1O)NC(=O)CCCCCCC/C=C\C/C=C\CCCCCC. The van der Waals surface area contributed by atoms with E-state index in [1.807, 2.05) is 6.08 Å². The van der Waals surface area contributed by atoms with Crippen LogP contribution in [0.4, 0.5) is 0 Å². The molecule has 1 heterocycles. The number of aliphatic hydroxyl groups excluding tert-OH is 5. The Morgan fingerprint density at radius 1 is 0.723 bits per heavy atom. The Kier molecular flexibility index (Phi) is 26.7. The van der Waals surface area contributed by atoms with E-state index in [2.05, 4.69) is 55.6 Å². The van der Waals surface area contributed by atoms with Crippen molar-refractivity contribution < 1.29 is 39.8 Å². The van der Waals surface area contributed by atoms with Crippen molar-refractivity contribution in [3.63, 3.8) is 0 Å². The van der Waals surface area contributed by atoms with Gasteiger partial charge in [-0.15, -0.1) is 0 Å². The average molecular weight is 666 g/mol. The predicted molar refractivity (Wildman–Crippen MR) is 189 cm³/mol. The summed E-state index contributed by atoms with van der Waals surface area (Å²) >= 11 is 0. The second-order valence-electron chi connectivity index (χ2n) is 12.6. The lowest BCUT2D eigenvalue weighted by atomic mass is 9.99. The molecule has 1 saturated heterocycles. The second kappa shape index (κ2) is 29.1. The molecule has 1 aliphatic heterocycles. The van der Waals surface area contributed by atoms with Crippen molar-refractivity contribution in [1.82, 2.24) is 5.32 Å². The van der Waals surface area contributed by atoms with Crippen molar-refractivity contribution >= 4 is 5.91 Å². The molecule has 7 atom stereocenters. The van der Waals surface area contributed by atoms with Gasteiger partial charge in [0.2, 0.25) is 5.91 Å². The van der Waals surface area contributed by atoms with Crippen molar-refractivity contribution in [1.29, 1.82) is 0 Å². The monoisotopic (exact) mass is 665 g/mol. The second-order valence-corrected chi connectivity index (χ2v) is 12.6. The van der Waals surface area contributed by atoms with Crippen molar-refractivity contribution in [2.24, 2.45) is 0 Å². The van der Waals surface area contributed by atoms with E-state index in [1.54, 1.807) is 6.08 Å². The molecule has 0 aromatic rings. The molecule has 1 fully saturated rings. The molecule has 47 heavy (non-hydrogen) atoms. The average Bonchev–Trinajstić information content (AvgIpc) is 3.07. The van der Waals surface area contributed by atoms with E-state index in [-0.39, 0.29) is 12.5 Å². The summed E-state index contributed by atoms with van der Waals surface area (Å²) < 4.78 is 11.1. The van der Waals surface area contributed by atoms with Crippen LogP contribution in [0.15, 0.2) is 48.6 Å². The Balaban J connectivity index is 2.45. The molecule has 0 bridgehead atoms. The van der Waals surface area contributed by atoms with E-state index >= 15 is 0 Å². The summed E-state index contributed by atoms with van der Waals surface area (Å²) in [4.78, 5) is 12.8. The largest absolute Gasteiger partial charge is 0.394 e. The Morgan fingerprint density at radius 3 is 1.98 bits per heavy atom. The zero-order valence-electron chi connectivity index (χ0n) is 29.3. The molecule has 6 N–H and O–H groups in total. The predicted octanol–water partition coefficient (Wildman–Crippen LogP) is 5.94. The maximum absolute atomic E-state index is 12.8. The van der Waals surface area contributed by atoms with Crippen LogP contribution in [0.2, 0.25) is 0 Å². The summed E-state index contributed by atoms with van der Waals surface area (Å²) in [6, 6.07) is -0.825. The van der Waals surface area contributed by atoms with Crippen LogP contribution in [0.25, 0.3) is 0 Å². The minimum atomic E-state index is -1.57. The van der Waals surface area contributed by atoms with E-state index in [4.69, 9.17) is 9.47 Å². The number of rotatable bonds is 28. The standard InChI is InChI=1S/C38H67NO8/c1-3-5-7-9-11-13-14-15-16-17-18-19-20-22-24-26-28-34(42)39-31(32(41)27-25-23-21-12-10-8-6-4-2)30-46-38-37(45)36(44)35(43)33(29-40)47-38/h10,12-14,16-17,25,27,31-33,35-38,40-41,43-45H,3-9,11,15,18-24,26,28-30H2,1-2H3,(H,39,42)/b12-10+,14-13-,17-16-,27-25+. The molecule has 0 aliphatic carbocycles. The van der Waals surface area contributed by atoms with Gasteiger partial charge in [0.05, 0.1) is 25.4 Å². The summed E-state index contributed by atoms with van der Waals surface area (Å²) in [6.07, 6.45) is 27.4. The van der Waals surface area contributed by atoms with E-state index < -0.39 is 49.5 Å². The number of carbonyl (C=O) groups is 1. The van der Waals surface area contributed by atoms with Gasteiger partial charge in [0, 0.05) is 6.42 Å². The van der Waals surface area contributed by atoms with E-state index in [0.29, 0.717) is 6.42 Å². The first-order chi connectivity index (χ1) is 22.8. The van der Waals surface area contributed by atoms with Crippen LogP contribution in [-0.4, -0.2) is 87.5 Å². The van der Waals surface area contributed by atoms with Gasteiger partial charge in [-0.25, -0.2) is 0 Å². The van der Waals surface area contributed by atoms with E-state index in [1.165, 1.54) is 32.1 Å². The maximum atomic E-state index is 12.8. The number of allylic oxidation sites excluding steroid dienone is 7. The van der Waals surface area contributed by atoms with Crippen molar-refractivity contribution in [2.75, 3.05) is 13.2 Å². The molecule has 1 aliphatic rings. The van der Waals surface area contributed by atoms with E-state index in [0.717, 1.165) is 77.0 Å². The molecule has 0 aromatic carbocycles. The zero-order chi connectivity index (χ0) is 34.5. The van der Waals surface area contributed by atoms with E-state index in [9.17, 15) is 30.3 Å². The highest BCUT2D eigenvalue weighted by molar-refractivity contribution is 5.76. The Morgan fingerprint density at radius 2 is 1.30 bits per heavy atom. The van der Waals surface area contributed by atoms with Crippen molar-refractivity contribution in [2.45, 2.75) is 172 Å². The highest BCUT2D eigenvalue weighted by Crippen LogP contribution is 2.22. The van der Waals surface area contributed by atoms with Gasteiger partial charge in [-0.1, -0.05) is 114 Å². The molecule has 0 radical (unpaired) electrons. The summed E-state index contributed by atoms with van der Waals surface area (Å²) in [7, 11) is 0. The van der Waals surface area contributed by atoms with Gasteiger partial charge in [0.25, 0.3) is 0 Å². The zero-order valence-corrected chi connectivity index (χ0v) is 29.3. The fourth-order valence-electron chi connectivity index (χ4n) is 5.30. The number of amides is 1. The van der Waals surface area contributed by atoms with Gasteiger partial charge in [0.15, 0.2) is 6.29 Å². The van der Waals surface area contributed by atoms with Crippen LogP contribution < -0.4 is 5.32 Å². The van der Waals surface area contributed by atoms with Gasteiger partial charge in [-0.3, -0.25) is 4.79 Å². The van der Waals surface area contributed by atoms with Gasteiger partial charge in [0.1, 0.15) is 24.4 Å². The number of ether oxygens (including phenoxy) is 2. The first-order valence-corrected chi connectivity index (χ1v) is 18.4. The Hall–Kier alpha value is -1.85. The van der Waals surface area contributed by atoms with Crippen LogP contribution in [0.5, 0.6) is 0 Å². The maximum Gasteiger partial charge on any atom is 0.220 e. The molecule has 9 nitrogen and oxygen atoms in total. The molecule has 1 amide bonds. The topological polar surface area (TPSA) is 149 Å². The molecule has 7 unspecified atom stereocenters. The molecule has 0 aromatic heterocycles. The van der Waals surface area contributed by atoms with Crippen LogP contribution in [0.1, 0.15) is 129 Å². The first-order valence-electron chi connectivity index (χ1n) is 18.4. The summed E-state index contributed by atoms with van der Waals surface area (Å²) in [5, 5.41) is 53.6. The normalized spacial score (nSPS) is 23.4. The highest BCUT2D eigenvalue weighted by Gasteiger charge is 2.44. The molecule has 0 saturated carbocycles. The lowest BCUT2D eigenvalue weighted by Gasteiger charge is -2.40. The van der Waals surface area contributed by atoms with Crippen LogP contribution in [0, 0.1) is 0 Å². The van der Waals surface area contributed by atoms with Gasteiger partial charge in [-0.2, -0.15) is 0 Å². The Bertz CT molecular complexity index is 874. The fraction of sp³-hybridized carbons (Fsp3) is 0.763. The summed E-state index contributed by atoms with van der Waals surface area (Å²) in [6.45, 7) is 3.61. The lowest BCUT2D eigenvalue weighted by molar-refractivity contribution is -0.302. The van der Waals surface area contributed by atoms with Crippen LogP contribution in [0.3, 0.4) is 0 Å². The van der Waals surface area contributed by atoms with Crippen molar-refractivity contribution in [3.05, 3.63) is 48.6 Å². The third-order valence-corrected chi connectivity index (χ3v) is 8.38. The molecule has 1 rings (SSSR count). The fourth-order valence-corrected chi connectivity index (χ4v) is 5.30. The van der Waals surface area contributed by atoms with Crippen molar-refractivity contribution in [3.8, 4) is 0 Å². The minimum absolute atomic E-state index is 0.208. The smallest absolute Gasteiger partial charge is 0.220 e. The van der Waals surface area contributed by atoms with Gasteiger partial charge >= 0.3 is 0 Å². The van der Waals surface area contributed by atoms with Gasteiger partial charge < -0.3 is 40.3 Å². The molecule has 9 heteroatoms. The number of aliphatic hydroxyl groups is 5. The summed E-state index contributed by atoms with van der Waals surface area (Å²) in [5.74, 6) is -0.208. The number of nitrogens with one attached hydrogen (secondary N) is 1. The van der Waals surface area contributed by atoms with Crippen LogP contribution in [-0.2, 0) is 14.3 Å². The number of unbranched alkanes of at least 4 members (excludes halogenated alkanes) is 12. The molecular formula is C38H67NO8. The number of carbonyl (C=O) groups excluding carboxylic acids is 1. The number of hydrogen-bond donors (Lipinski definition) is 6. The van der Waals surface area contributed by atoms with Crippen LogP contribution >= 0.6 is 0 Å². The summed E-state index contributed by atoms with van der Waals surface area (Å²) in [5.41, 5.74) is 0. The lowest BCUT2D eigenvalue weighted by Crippen LogP contribution is -2.60. The first kappa shape index (κ1) is 43.2. The van der Waals surface area contributed by atoms with Gasteiger partial charge in [-0.05, 0) is 57.8 Å². The number of hydrogen-bond acceptors (Lipinski definition) is 8. The Labute approximate surface area is 284 Å². The molecule has 272 valence electrons. The molecule has 0 spiro atoms. The third kappa shape index (κ3) is 21.0.